The van der Waals surface area contributed by atoms with Crippen molar-refractivity contribution in [2.45, 2.75) is 50.4 Å². The second-order valence-corrected chi connectivity index (χ2v) is 4.45. The summed E-state index contributed by atoms with van der Waals surface area (Å²) < 4.78 is 114. The minimum absolute atomic E-state index is 0.294. The molecule has 0 atom stereocenters. The zero-order valence-electron chi connectivity index (χ0n) is 12.5. The van der Waals surface area contributed by atoms with E-state index in [0.717, 1.165) is 6.92 Å². The molecule has 0 aliphatic carbocycles. The van der Waals surface area contributed by atoms with Gasteiger partial charge in [-0.3, -0.25) is 4.79 Å². The number of esters is 2. The zero-order valence-corrected chi connectivity index (χ0v) is 12.5. The molecular weight excluding hydrogens is 360 g/mol. The van der Waals surface area contributed by atoms with Crippen molar-refractivity contribution >= 4 is 11.9 Å². The van der Waals surface area contributed by atoms with Crippen LogP contribution in [0.15, 0.2) is 0 Å². The molecule has 0 bridgehead atoms. The molecule has 0 fully saturated rings. The first-order valence-corrected chi connectivity index (χ1v) is 6.53. The predicted octanol–water partition coefficient (Wildman–Crippen LogP) is 3.43. The summed E-state index contributed by atoms with van der Waals surface area (Å²) in [5.74, 6) is -29.8. The highest BCUT2D eigenvalue weighted by molar-refractivity contribution is 5.79. The summed E-state index contributed by atoms with van der Waals surface area (Å²) in [7, 11) is 0. The van der Waals surface area contributed by atoms with Crippen molar-refractivity contribution in [2.24, 2.45) is 0 Å². The van der Waals surface area contributed by atoms with E-state index in [2.05, 4.69) is 9.47 Å². The van der Waals surface area contributed by atoms with Gasteiger partial charge < -0.3 is 9.47 Å². The third-order valence-corrected chi connectivity index (χ3v) is 2.73. The van der Waals surface area contributed by atoms with Crippen molar-refractivity contribution in [3.8, 4) is 0 Å². The molecule has 0 heterocycles. The van der Waals surface area contributed by atoms with Crippen LogP contribution in [-0.2, 0) is 19.1 Å². The van der Waals surface area contributed by atoms with Gasteiger partial charge in [0.2, 0.25) is 0 Å². The van der Waals surface area contributed by atoms with Gasteiger partial charge in [0, 0.05) is 6.42 Å². The van der Waals surface area contributed by atoms with Gasteiger partial charge in [0.25, 0.3) is 0 Å². The molecule has 0 spiro atoms. The summed E-state index contributed by atoms with van der Waals surface area (Å²) in [6, 6.07) is 0. The topological polar surface area (TPSA) is 52.6 Å². The molecule has 12 heteroatoms. The van der Waals surface area contributed by atoms with Gasteiger partial charge in [0.15, 0.2) is 0 Å². The van der Waals surface area contributed by atoms with Crippen LogP contribution in [0, 0.1) is 0 Å². The maximum atomic E-state index is 13.4. The number of hydrogen-bond acceptors (Lipinski definition) is 4. The Kier molecular flexibility index (Phi) is 7.01. The molecule has 142 valence electrons. The SMILES string of the molecule is CCOC(=O)CCC(F)(F)C(F)(F)C(F)(F)C(F)(F)C(=O)OCC. The van der Waals surface area contributed by atoms with Crippen LogP contribution in [0.5, 0.6) is 0 Å². The third kappa shape index (κ3) is 4.07. The Bertz CT molecular complexity index is 464. The minimum atomic E-state index is -6.76. The average molecular weight is 374 g/mol. The molecule has 0 saturated heterocycles. The molecule has 0 aliphatic heterocycles. The Morgan fingerprint density at radius 3 is 1.67 bits per heavy atom. The molecule has 4 nitrogen and oxygen atoms in total. The van der Waals surface area contributed by atoms with E-state index >= 15 is 0 Å². The molecule has 0 aromatic carbocycles. The van der Waals surface area contributed by atoms with Gasteiger partial charge in [-0.25, -0.2) is 4.79 Å². The van der Waals surface area contributed by atoms with E-state index in [1.54, 1.807) is 0 Å². The zero-order chi connectivity index (χ0) is 19.4. The van der Waals surface area contributed by atoms with Crippen molar-refractivity contribution in [3.63, 3.8) is 0 Å². The van der Waals surface area contributed by atoms with Gasteiger partial charge in [0.1, 0.15) is 0 Å². The van der Waals surface area contributed by atoms with E-state index in [0.29, 0.717) is 0 Å². The first-order chi connectivity index (χ1) is 10.7. The average Bonchev–Trinajstić information content (AvgIpc) is 2.45. The lowest BCUT2D eigenvalue weighted by Gasteiger charge is -2.35. The van der Waals surface area contributed by atoms with Gasteiger partial charge in [-0.1, -0.05) is 0 Å². The first kappa shape index (κ1) is 22.4. The van der Waals surface area contributed by atoms with Crippen LogP contribution in [0.1, 0.15) is 26.7 Å². The number of halogens is 8. The Hall–Kier alpha value is -1.62. The fourth-order valence-corrected chi connectivity index (χ4v) is 1.43. The smallest absolute Gasteiger partial charge is 0.410 e. The van der Waals surface area contributed by atoms with Crippen molar-refractivity contribution in [1.82, 2.24) is 0 Å². The van der Waals surface area contributed by atoms with Crippen LogP contribution >= 0.6 is 0 Å². The Balaban J connectivity index is 5.50. The third-order valence-electron chi connectivity index (χ3n) is 2.73. The summed E-state index contributed by atoms with van der Waals surface area (Å²) in [4.78, 5) is 21.6. The molecule has 0 aromatic heterocycles. The lowest BCUT2D eigenvalue weighted by atomic mass is 9.95. The van der Waals surface area contributed by atoms with E-state index in [9.17, 15) is 44.7 Å². The van der Waals surface area contributed by atoms with Crippen LogP contribution < -0.4 is 0 Å². The number of carbonyl (C=O) groups excluding carboxylic acids is 2. The molecule has 0 unspecified atom stereocenters. The molecule has 0 aliphatic rings. The lowest BCUT2D eigenvalue weighted by molar-refractivity contribution is -0.361. The van der Waals surface area contributed by atoms with E-state index in [1.807, 2.05) is 0 Å². The highest BCUT2D eigenvalue weighted by atomic mass is 19.4. The fraction of sp³-hybridized carbons (Fsp3) is 0.833. The molecule has 0 radical (unpaired) electrons. The summed E-state index contributed by atoms with van der Waals surface area (Å²) in [5, 5.41) is 0. The molecule has 0 amide bonds. The van der Waals surface area contributed by atoms with Crippen LogP contribution in [0.25, 0.3) is 0 Å². The minimum Gasteiger partial charge on any atom is -0.466 e. The van der Waals surface area contributed by atoms with E-state index in [4.69, 9.17) is 0 Å². The molecule has 0 aromatic rings. The first-order valence-electron chi connectivity index (χ1n) is 6.53. The maximum absolute atomic E-state index is 13.4. The van der Waals surface area contributed by atoms with Crippen LogP contribution in [0.2, 0.25) is 0 Å². The number of carbonyl (C=O) groups is 2. The molecule has 0 rings (SSSR count). The number of hydrogen-bond donors (Lipinski definition) is 0. The normalized spacial score (nSPS) is 13.6. The largest absolute Gasteiger partial charge is 0.466 e. The monoisotopic (exact) mass is 374 g/mol. The van der Waals surface area contributed by atoms with Crippen LogP contribution in [0.4, 0.5) is 35.1 Å². The molecular formula is C12H14F8O4. The van der Waals surface area contributed by atoms with Crippen molar-refractivity contribution in [3.05, 3.63) is 0 Å². The van der Waals surface area contributed by atoms with Gasteiger partial charge in [-0.15, -0.1) is 0 Å². The second kappa shape index (κ2) is 7.51. The van der Waals surface area contributed by atoms with Gasteiger partial charge in [-0.2, -0.15) is 35.1 Å². The second-order valence-electron chi connectivity index (χ2n) is 4.45. The molecule has 24 heavy (non-hydrogen) atoms. The Morgan fingerprint density at radius 1 is 0.792 bits per heavy atom. The summed E-state index contributed by atoms with van der Waals surface area (Å²) in [5.41, 5.74) is 0. The Labute approximate surface area is 131 Å². The standard InChI is InChI=1S/C12H14F8O4/c1-3-23-7(21)5-6-9(13,14)11(17,18)12(19,20)10(15,16)8(22)24-4-2/h3-6H2,1-2H3. The molecule has 0 N–H and O–H groups in total. The van der Waals surface area contributed by atoms with Gasteiger partial charge in [-0.05, 0) is 13.8 Å². The number of rotatable bonds is 9. The van der Waals surface area contributed by atoms with Gasteiger partial charge in [0.05, 0.1) is 19.6 Å². The van der Waals surface area contributed by atoms with Crippen molar-refractivity contribution < 1.29 is 54.2 Å². The van der Waals surface area contributed by atoms with Crippen molar-refractivity contribution in [1.29, 1.82) is 0 Å². The van der Waals surface area contributed by atoms with Crippen LogP contribution in [-0.4, -0.2) is 48.8 Å². The van der Waals surface area contributed by atoms with Crippen LogP contribution in [0.3, 0.4) is 0 Å². The summed E-state index contributed by atoms with van der Waals surface area (Å²) in [6.07, 6.45) is -3.61. The predicted molar refractivity (Wildman–Crippen MR) is 62.3 cm³/mol. The molecule has 0 saturated carbocycles. The summed E-state index contributed by atoms with van der Waals surface area (Å²) >= 11 is 0. The van der Waals surface area contributed by atoms with E-state index in [-0.39, 0.29) is 6.61 Å². The van der Waals surface area contributed by atoms with Gasteiger partial charge >= 0.3 is 35.6 Å². The van der Waals surface area contributed by atoms with E-state index < -0.39 is 55.1 Å². The van der Waals surface area contributed by atoms with E-state index in [1.165, 1.54) is 6.92 Å². The highest BCUT2D eigenvalue weighted by Crippen LogP contribution is 2.54. The van der Waals surface area contributed by atoms with Crippen molar-refractivity contribution in [2.75, 3.05) is 13.2 Å². The summed E-state index contributed by atoms with van der Waals surface area (Å²) in [6.45, 7) is 1.02. The Morgan fingerprint density at radius 2 is 1.25 bits per heavy atom. The maximum Gasteiger partial charge on any atom is 0.410 e. The lowest BCUT2D eigenvalue weighted by Crippen LogP contribution is -2.64. The quantitative estimate of drug-likeness (QED) is 0.458. The fourth-order valence-electron chi connectivity index (χ4n) is 1.43. The number of alkyl halides is 8. The highest BCUT2D eigenvalue weighted by Gasteiger charge is 2.82. The number of ether oxygens (including phenoxy) is 2.